The molecular formula is C10H12BrN3O2. The van der Waals surface area contributed by atoms with E-state index in [1.807, 2.05) is 0 Å². The minimum atomic E-state index is -0.433. The highest BCUT2D eigenvalue weighted by Gasteiger charge is 2.17. The fraction of sp³-hybridized carbons (Fsp3) is 0.500. The fourth-order valence-corrected chi connectivity index (χ4v) is 2.45. The van der Waals surface area contributed by atoms with Crippen molar-refractivity contribution >= 4 is 27.4 Å². The maximum atomic E-state index is 10.6. The van der Waals surface area contributed by atoms with E-state index in [0.717, 1.165) is 31.7 Å². The van der Waals surface area contributed by atoms with Crippen molar-refractivity contribution in [1.29, 1.82) is 0 Å². The average Bonchev–Trinajstić information content (AvgIpc) is 2.30. The van der Waals surface area contributed by atoms with E-state index in [9.17, 15) is 10.1 Å². The molecule has 0 radical (unpaired) electrons. The molecule has 0 bridgehead atoms. The first-order valence-electron chi connectivity index (χ1n) is 5.23. The summed E-state index contributed by atoms with van der Waals surface area (Å²) in [6.45, 7) is 1.95. The smallest absolute Gasteiger partial charge is 0.288 e. The summed E-state index contributed by atoms with van der Waals surface area (Å²) in [7, 11) is 0. The van der Waals surface area contributed by atoms with Crippen molar-refractivity contribution in [3.8, 4) is 0 Å². The Labute approximate surface area is 102 Å². The molecule has 1 aliphatic rings. The Hall–Kier alpha value is -1.17. The highest BCUT2D eigenvalue weighted by Crippen LogP contribution is 2.29. The Morgan fingerprint density at radius 1 is 1.38 bits per heavy atom. The van der Waals surface area contributed by atoms with Gasteiger partial charge in [-0.2, -0.15) is 0 Å². The maximum absolute atomic E-state index is 10.6. The van der Waals surface area contributed by atoms with Crippen LogP contribution in [0.3, 0.4) is 0 Å². The van der Waals surface area contributed by atoms with Gasteiger partial charge < -0.3 is 4.90 Å². The van der Waals surface area contributed by atoms with Crippen molar-refractivity contribution in [3.05, 3.63) is 26.9 Å². The fourth-order valence-electron chi connectivity index (χ4n) is 1.86. The summed E-state index contributed by atoms with van der Waals surface area (Å²) >= 11 is 3.34. The van der Waals surface area contributed by atoms with E-state index in [1.165, 1.54) is 18.7 Å². The van der Waals surface area contributed by atoms with Crippen LogP contribution in [0.2, 0.25) is 0 Å². The van der Waals surface area contributed by atoms with Crippen molar-refractivity contribution in [1.82, 2.24) is 4.98 Å². The van der Waals surface area contributed by atoms with Gasteiger partial charge in [0.05, 0.1) is 9.40 Å². The van der Waals surface area contributed by atoms with Crippen molar-refractivity contribution in [2.45, 2.75) is 19.3 Å². The van der Waals surface area contributed by atoms with Crippen molar-refractivity contribution in [3.63, 3.8) is 0 Å². The Morgan fingerprint density at radius 2 is 2.06 bits per heavy atom. The molecule has 0 amide bonds. The van der Waals surface area contributed by atoms with Crippen LogP contribution in [0.5, 0.6) is 0 Å². The number of aromatic nitrogens is 1. The molecule has 0 unspecified atom stereocenters. The first-order chi connectivity index (χ1) is 7.68. The van der Waals surface area contributed by atoms with Crippen LogP contribution in [-0.4, -0.2) is 23.0 Å². The van der Waals surface area contributed by atoms with Gasteiger partial charge in [-0.1, -0.05) is 0 Å². The molecule has 1 aromatic rings. The van der Waals surface area contributed by atoms with Gasteiger partial charge in [-0.25, -0.2) is 4.98 Å². The number of halogens is 1. The predicted octanol–water partition coefficient (Wildman–Crippen LogP) is 2.74. The van der Waals surface area contributed by atoms with Gasteiger partial charge in [0.15, 0.2) is 0 Å². The molecule has 0 aromatic carbocycles. The Morgan fingerprint density at radius 3 is 2.62 bits per heavy atom. The van der Waals surface area contributed by atoms with Gasteiger partial charge in [0, 0.05) is 19.2 Å². The molecule has 2 heterocycles. The number of piperidine rings is 1. The van der Waals surface area contributed by atoms with E-state index < -0.39 is 4.92 Å². The molecule has 1 aliphatic heterocycles. The molecule has 5 nitrogen and oxygen atoms in total. The van der Waals surface area contributed by atoms with Crippen LogP contribution in [-0.2, 0) is 0 Å². The van der Waals surface area contributed by atoms with E-state index in [1.54, 1.807) is 0 Å². The monoisotopic (exact) mass is 285 g/mol. The van der Waals surface area contributed by atoms with Crippen LogP contribution < -0.4 is 4.90 Å². The number of nitro groups is 1. The van der Waals surface area contributed by atoms with Crippen LogP contribution in [0.25, 0.3) is 0 Å². The lowest BCUT2D eigenvalue weighted by Gasteiger charge is -2.28. The van der Waals surface area contributed by atoms with E-state index in [0.29, 0.717) is 4.47 Å². The highest BCUT2D eigenvalue weighted by atomic mass is 79.9. The summed E-state index contributed by atoms with van der Waals surface area (Å²) in [5.41, 5.74) is 0.0210. The minimum absolute atomic E-state index is 0.0210. The molecule has 1 fully saturated rings. The van der Waals surface area contributed by atoms with Gasteiger partial charge in [0.2, 0.25) is 0 Å². The zero-order valence-electron chi connectivity index (χ0n) is 8.73. The van der Waals surface area contributed by atoms with Gasteiger partial charge in [0.1, 0.15) is 12.0 Å². The van der Waals surface area contributed by atoms with E-state index in [2.05, 4.69) is 25.8 Å². The van der Waals surface area contributed by atoms with Crippen molar-refractivity contribution in [2.75, 3.05) is 18.0 Å². The third-order valence-electron chi connectivity index (χ3n) is 2.67. The predicted molar refractivity (Wildman–Crippen MR) is 64.7 cm³/mol. The Kier molecular flexibility index (Phi) is 3.38. The Balaban J connectivity index is 2.24. The molecule has 16 heavy (non-hydrogen) atoms. The molecule has 0 saturated carbocycles. The third-order valence-corrected chi connectivity index (χ3v) is 3.26. The molecule has 0 aliphatic carbocycles. The quantitative estimate of drug-likeness (QED) is 0.619. The molecule has 0 atom stereocenters. The molecule has 0 N–H and O–H groups in total. The second-order valence-electron chi connectivity index (χ2n) is 3.80. The average molecular weight is 286 g/mol. The van der Waals surface area contributed by atoms with Crippen LogP contribution in [0.15, 0.2) is 16.7 Å². The first-order valence-corrected chi connectivity index (χ1v) is 6.02. The van der Waals surface area contributed by atoms with Crippen LogP contribution in [0.1, 0.15) is 19.3 Å². The highest BCUT2D eigenvalue weighted by molar-refractivity contribution is 9.10. The molecule has 2 rings (SSSR count). The number of rotatable bonds is 2. The number of anilines is 1. The van der Waals surface area contributed by atoms with Gasteiger partial charge in [0.25, 0.3) is 5.69 Å². The van der Waals surface area contributed by atoms with Gasteiger partial charge in [-0.15, -0.1) is 0 Å². The Bertz CT molecular complexity index is 405. The van der Waals surface area contributed by atoms with Crippen molar-refractivity contribution < 1.29 is 4.92 Å². The SMILES string of the molecule is O=[N+]([O-])c1cnc(N2CCCCC2)c(Br)c1. The molecule has 86 valence electrons. The summed E-state index contributed by atoms with van der Waals surface area (Å²) in [5, 5.41) is 10.6. The first kappa shape index (κ1) is 11.3. The van der Waals surface area contributed by atoms with E-state index in [4.69, 9.17) is 0 Å². The van der Waals surface area contributed by atoms with E-state index >= 15 is 0 Å². The zero-order valence-corrected chi connectivity index (χ0v) is 10.3. The molecule has 1 saturated heterocycles. The van der Waals surface area contributed by atoms with Crippen molar-refractivity contribution in [2.24, 2.45) is 0 Å². The second kappa shape index (κ2) is 4.78. The number of hydrogen-bond acceptors (Lipinski definition) is 4. The summed E-state index contributed by atoms with van der Waals surface area (Å²) in [4.78, 5) is 16.5. The topological polar surface area (TPSA) is 59.3 Å². The lowest BCUT2D eigenvalue weighted by molar-refractivity contribution is -0.385. The minimum Gasteiger partial charge on any atom is -0.356 e. The van der Waals surface area contributed by atoms with Gasteiger partial charge >= 0.3 is 0 Å². The van der Waals surface area contributed by atoms with Crippen LogP contribution in [0, 0.1) is 10.1 Å². The molecular weight excluding hydrogens is 274 g/mol. The summed E-state index contributed by atoms with van der Waals surface area (Å²) in [6.07, 6.45) is 4.88. The number of nitrogens with zero attached hydrogens (tertiary/aromatic N) is 3. The molecule has 6 heteroatoms. The zero-order chi connectivity index (χ0) is 11.5. The largest absolute Gasteiger partial charge is 0.356 e. The number of pyridine rings is 1. The maximum Gasteiger partial charge on any atom is 0.288 e. The lowest BCUT2D eigenvalue weighted by atomic mass is 10.1. The summed E-state index contributed by atoms with van der Waals surface area (Å²) in [6, 6.07) is 1.51. The van der Waals surface area contributed by atoms with Crippen LogP contribution in [0.4, 0.5) is 11.5 Å². The standard InChI is InChI=1S/C10H12BrN3O2/c11-9-6-8(14(15)16)7-12-10(9)13-4-2-1-3-5-13/h6-7H,1-5H2. The molecule has 1 aromatic heterocycles. The summed E-state index contributed by atoms with van der Waals surface area (Å²) in [5.74, 6) is 0.810. The third kappa shape index (κ3) is 2.32. The van der Waals surface area contributed by atoms with E-state index in [-0.39, 0.29) is 5.69 Å². The summed E-state index contributed by atoms with van der Waals surface area (Å²) < 4.78 is 0.698. The lowest BCUT2D eigenvalue weighted by Crippen LogP contribution is -2.30. The second-order valence-corrected chi connectivity index (χ2v) is 4.66. The van der Waals surface area contributed by atoms with Gasteiger partial charge in [-0.05, 0) is 35.2 Å². The normalized spacial score (nSPS) is 16.2. The van der Waals surface area contributed by atoms with Crippen LogP contribution >= 0.6 is 15.9 Å². The number of hydrogen-bond donors (Lipinski definition) is 0. The molecule has 0 spiro atoms. The van der Waals surface area contributed by atoms with Gasteiger partial charge in [-0.3, -0.25) is 10.1 Å².